The number of rotatable bonds is 2. The van der Waals surface area contributed by atoms with Crippen LogP contribution < -0.4 is 5.73 Å². The van der Waals surface area contributed by atoms with E-state index in [1.165, 1.54) is 18.5 Å². The molecule has 0 radical (unpaired) electrons. The summed E-state index contributed by atoms with van der Waals surface area (Å²) in [5.41, 5.74) is 7.29. The molecule has 0 saturated heterocycles. The van der Waals surface area contributed by atoms with Crippen molar-refractivity contribution in [2.24, 2.45) is 5.73 Å². The molecule has 14 heavy (non-hydrogen) atoms. The molecule has 0 amide bonds. The van der Waals surface area contributed by atoms with E-state index in [2.05, 4.69) is 30.7 Å². The Kier molecular flexibility index (Phi) is 1.96. The smallest absolute Gasteiger partial charge is 0.113 e. The molecule has 0 unspecified atom stereocenters. The second-order valence-electron chi connectivity index (χ2n) is 5.38. The van der Waals surface area contributed by atoms with Gasteiger partial charge in [0.1, 0.15) is 5.82 Å². The van der Waals surface area contributed by atoms with Crippen LogP contribution in [-0.2, 0) is 10.8 Å². The SMILES string of the molecule is CC(C)(C)c1cnc(C2(CN)CC2)[nH]1. The molecule has 1 fully saturated rings. The zero-order chi connectivity index (χ0) is 10.4. The summed E-state index contributed by atoms with van der Waals surface area (Å²) >= 11 is 0. The predicted octanol–water partition coefficient (Wildman–Crippen LogP) is 1.70. The zero-order valence-corrected chi connectivity index (χ0v) is 9.22. The second kappa shape index (κ2) is 2.83. The molecule has 0 aliphatic heterocycles. The Hall–Kier alpha value is -0.830. The van der Waals surface area contributed by atoms with E-state index in [1.807, 2.05) is 6.20 Å². The van der Waals surface area contributed by atoms with Gasteiger partial charge in [0, 0.05) is 29.3 Å². The number of nitrogens with zero attached hydrogens (tertiary/aromatic N) is 1. The first-order valence-corrected chi connectivity index (χ1v) is 5.24. The van der Waals surface area contributed by atoms with Crippen molar-refractivity contribution in [2.45, 2.75) is 44.4 Å². The van der Waals surface area contributed by atoms with Gasteiger partial charge in [-0.25, -0.2) is 4.98 Å². The lowest BCUT2D eigenvalue weighted by atomic mass is 9.93. The summed E-state index contributed by atoms with van der Waals surface area (Å²) in [5, 5.41) is 0. The number of nitrogens with two attached hydrogens (primary N) is 1. The summed E-state index contributed by atoms with van der Waals surface area (Å²) in [4.78, 5) is 7.87. The summed E-state index contributed by atoms with van der Waals surface area (Å²) < 4.78 is 0. The zero-order valence-electron chi connectivity index (χ0n) is 9.22. The van der Waals surface area contributed by atoms with E-state index >= 15 is 0 Å². The molecular weight excluding hydrogens is 174 g/mol. The predicted molar refractivity (Wildman–Crippen MR) is 57.3 cm³/mol. The molecule has 0 atom stereocenters. The first-order chi connectivity index (χ1) is 6.48. The third-order valence-electron chi connectivity index (χ3n) is 3.13. The molecular formula is C11H19N3. The Morgan fingerprint density at radius 2 is 2.14 bits per heavy atom. The van der Waals surface area contributed by atoms with Crippen LogP contribution in [0.25, 0.3) is 0 Å². The van der Waals surface area contributed by atoms with Gasteiger partial charge in [0.05, 0.1) is 0 Å². The lowest BCUT2D eigenvalue weighted by molar-refractivity contribution is 0.565. The van der Waals surface area contributed by atoms with Crippen molar-refractivity contribution in [3.05, 3.63) is 17.7 Å². The van der Waals surface area contributed by atoms with Crippen LogP contribution in [0.2, 0.25) is 0 Å². The van der Waals surface area contributed by atoms with Gasteiger partial charge >= 0.3 is 0 Å². The van der Waals surface area contributed by atoms with Crippen molar-refractivity contribution in [2.75, 3.05) is 6.54 Å². The fourth-order valence-electron chi connectivity index (χ4n) is 1.66. The number of aromatic amines is 1. The highest BCUT2D eigenvalue weighted by Crippen LogP contribution is 2.45. The number of nitrogens with one attached hydrogen (secondary N) is 1. The van der Waals surface area contributed by atoms with Crippen LogP contribution in [0.5, 0.6) is 0 Å². The van der Waals surface area contributed by atoms with E-state index in [9.17, 15) is 0 Å². The number of hydrogen-bond donors (Lipinski definition) is 2. The normalized spacial score (nSPS) is 19.7. The minimum absolute atomic E-state index is 0.149. The molecule has 2 rings (SSSR count). The van der Waals surface area contributed by atoms with Gasteiger partial charge in [-0.05, 0) is 12.8 Å². The molecule has 1 aliphatic rings. The molecule has 3 N–H and O–H groups in total. The number of H-pyrrole nitrogens is 1. The molecule has 1 aliphatic carbocycles. The molecule has 1 heterocycles. The minimum Gasteiger partial charge on any atom is -0.345 e. The van der Waals surface area contributed by atoms with E-state index in [1.54, 1.807) is 0 Å². The number of aromatic nitrogens is 2. The lowest BCUT2D eigenvalue weighted by Crippen LogP contribution is -2.21. The highest BCUT2D eigenvalue weighted by Gasteiger charge is 2.45. The molecule has 1 aromatic rings. The van der Waals surface area contributed by atoms with Gasteiger partial charge in [0.2, 0.25) is 0 Å². The van der Waals surface area contributed by atoms with Crippen LogP contribution in [-0.4, -0.2) is 16.5 Å². The van der Waals surface area contributed by atoms with E-state index in [-0.39, 0.29) is 10.8 Å². The van der Waals surface area contributed by atoms with Crippen LogP contribution in [0.4, 0.5) is 0 Å². The minimum atomic E-state index is 0.149. The first-order valence-electron chi connectivity index (χ1n) is 5.24. The number of imidazole rings is 1. The topological polar surface area (TPSA) is 54.7 Å². The van der Waals surface area contributed by atoms with Crippen molar-refractivity contribution in [3.63, 3.8) is 0 Å². The van der Waals surface area contributed by atoms with Crippen molar-refractivity contribution in [1.82, 2.24) is 9.97 Å². The second-order valence-corrected chi connectivity index (χ2v) is 5.38. The van der Waals surface area contributed by atoms with Gasteiger partial charge in [-0.1, -0.05) is 20.8 Å². The Balaban J connectivity index is 2.27. The van der Waals surface area contributed by atoms with E-state index < -0.39 is 0 Å². The quantitative estimate of drug-likeness (QED) is 0.751. The summed E-state index contributed by atoms with van der Waals surface area (Å²) in [6, 6.07) is 0. The van der Waals surface area contributed by atoms with Gasteiger partial charge in [0.25, 0.3) is 0 Å². The maximum absolute atomic E-state index is 5.76. The van der Waals surface area contributed by atoms with Crippen LogP contribution in [0, 0.1) is 0 Å². The molecule has 3 nitrogen and oxygen atoms in total. The van der Waals surface area contributed by atoms with Gasteiger partial charge in [-0.3, -0.25) is 0 Å². The molecule has 3 heteroatoms. The van der Waals surface area contributed by atoms with Crippen LogP contribution in [0.15, 0.2) is 6.20 Å². The van der Waals surface area contributed by atoms with Crippen molar-refractivity contribution >= 4 is 0 Å². The van der Waals surface area contributed by atoms with Gasteiger partial charge in [0.15, 0.2) is 0 Å². The monoisotopic (exact) mass is 193 g/mol. The Labute approximate surface area is 85.1 Å². The third-order valence-corrected chi connectivity index (χ3v) is 3.13. The van der Waals surface area contributed by atoms with Crippen molar-refractivity contribution < 1.29 is 0 Å². The Morgan fingerprint density at radius 3 is 2.50 bits per heavy atom. The summed E-state index contributed by atoms with van der Waals surface area (Å²) in [7, 11) is 0. The molecule has 1 aromatic heterocycles. The first kappa shape index (κ1) is 9.71. The van der Waals surface area contributed by atoms with Gasteiger partial charge in [-0.15, -0.1) is 0 Å². The van der Waals surface area contributed by atoms with Crippen LogP contribution in [0.1, 0.15) is 45.1 Å². The van der Waals surface area contributed by atoms with Crippen LogP contribution >= 0.6 is 0 Å². The van der Waals surface area contributed by atoms with Crippen molar-refractivity contribution in [3.8, 4) is 0 Å². The van der Waals surface area contributed by atoms with E-state index in [0.717, 1.165) is 5.82 Å². The van der Waals surface area contributed by atoms with Gasteiger partial charge in [-0.2, -0.15) is 0 Å². The Morgan fingerprint density at radius 1 is 1.50 bits per heavy atom. The molecule has 0 bridgehead atoms. The number of hydrogen-bond acceptors (Lipinski definition) is 2. The fourth-order valence-corrected chi connectivity index (χ4v) is 1.66. The third kappa shape index (κ3) is 1.46. The average molecular weight is 193 g/mol. The summed E-state index contributed by atoms with van der Waals surface area (Å²) in [6.07, 6.45) is 4.31. The van der Waals surface area contributed by atoms with Crippen molar-refractivity contribution in [1.29, 1.82) is 0 Å². The maximum atomic E-state index is 5.76. The van der Waals surface area contributed by atoms with Crippen LogP contribution in [0.3, 0.4) is 0 Å². The highest BCUT2D eigenvalue weighted by molar-refractivity contribution is 5.23. The van der Waals surface area contributed by atoms with Gasteiger partial charge < -0.3 is 10.7 Å². The highest BCUT2D eigenvalue weighted by atomic mass is 15.0. The standard InChI is InChI=1S/C11H19N3/c1-10(2,3)8-6-13-9(14-8)11(7-12)4-5-11/h6H,4-5,7,12H2,1-3H3,(H,13,14). The summed E-state index contributed by atoms with van der Waals surface area (Å²) in [6.45, 7) is 7.27. The largest absolute Gasteiger partial charge is 0.345 e. The molecule has 0 aromatic carbocycles. The lowest BCUT2D eigenvalue weighted by Gasteiger charge is -2.16. The van der Waals surface area contributed by atoms with E-state index in [0.29, 0.717) is 6.54 Å². The van der Waals surface area contributed by atoms with E-state index in [4.69, 9.17) is 5.73 Å². The molecule has 78 valence electrons. The summed E-state index contributed by atoms with van der Waals surface area (Å²) in [5.74, 6) is 1.09. The average Bonchev–Trinajstić information content (AvgIpc) is 2.73. The molecule has 1 saturated carbocycles. The Bertz CT molecular complexity index is 329. The fraction of sp³-hybridized carbons (Fsp3) is 0.727. The maximum Gasteiger partial charge on any atom is 0.113 e. The molecule has 0 spiro atoms.